The minimum Gasteiger partial charge on any atom is -0.495 e. The van der Waals surface area contributed by atoms with Crippen molar-refractivity contribution in [2.75, 3.05) is 24.4 Å². The summed E-state index contributed by atoms with van der Waals surface area (Å²) in [6.07, 6.45) is -0.316. The fourth-order valence-electron chi connectivity index (χ4n) is 2.20. The second kappa shape index (κ2) is 10.9. The van der Waals surface area contributed by atoms with Gasteiger partial charge in [-0.05, 0) is 36.4 Å². The molecular formula is C19H17Cl3N2O5. The van der Waals surface area contributed by atoms with Gasteiger partial charge in [0.05, 0.1) is 29.3 Å². The first-order valence-corrected chi connectivity index (χ1v) is 9.46. The molecule has 0 heterocycles. The molecule has 0 saturated carbocycles. The summed E-state index contributed by atoms with van der Waals surface area (Å²) in [6.45, 7) is -0.511. The van der Waals surface area contributed by atoms with Gasteiger partial charge in [0.15, 0.2) is 6.61 Å². The molecule has 29 heavy (non-hydrogen) atoms. The van der Waals surface area contributed by atoms with E-state index in [1.807, 2.05) is 0 Å². The number of amides is 2. The van der Waals surface area contributed by atoms with E-state index in [1.54, 1.807) is 24.3 Å². The number of rotatable bonds is 8. The monoisotopic (exact) mass is 458 g/mol. The van der Waals surface area contributed by atoms with Crippen LogP contribution in [-0.2, 0) is 19.1 Å². The number of hydrogen-bond donors (Lipinski definition) is 2. The predicted octanol–water partition coefficient (Wildman–Crippen LogP) is 4.56. The Morgan fingerprint density at radius 1 is 0.897 bits per heavy atom. The lowest BCUT2D eigenvalue weighted by Gasteiger charge is -2.11. The van der Waals surface area contributed by atoms with E-state index in [2.05, 4.69) is 10.6 Å². The Labute approximate surface area is 182 Å². The van der Waals surface area contributed by atoms with Crippen LogP contribution in [-0.4, -0.2) is 31.5 Å². The van der Waals surface area contributed by atoms with Crippen LogP contribution in [0.15, 0.2) is 36.4 Å². The molecule has 0 fully saturated rings. The van der Waals surface area contributed by atoms with E-state index < -0.39 is 24.4 Å². The SMILES string of the molecule is COc1ccc(Cl)cc1NC(=O)COC(=O)CCC(=O)Nc1ccc(Cl)c(Cl)c1. The molecule has 0 aliphatic carbocycles. The van der Waals surface area contributed by atoms with Crippen molar-refractivity contribution in [3.05, 3.63) is 51.5 Å². The number of hydrogen-bond acceptors (Lipinski definition) is 5. The Bertz CT molecular complexity index is 921. The lowest BCUT2D eigenvalue weighted by molar-refractivity contribution is -0.147. The van der Waals surface area contributed by atoms with Gasteiger partial charge in [0, 0.05) is 17.1 Å². The van der Waals surface area contributed by atoms with Crippen LogP contribution in [0, 0.1) is 0 Å². The third kappa shape index (κ3) is 7.45. The van der Waals surface area contributed by atoms with Gasteiger partial charge >= 0.3 is 5.97 Å². The molecule has 0 atom stereocenters. The molecule has 154 valence electrons. The van der Waals surface area contributed by atoms with Crippen molar-refractivity contribution in [3.63, 3.8) is 0 Å². The quantitative estimate of drug-likeness (QED) is 0.565. The molecular weight excluding hydrogens is 443 g/mol. The van der Waals surface area contributed by atoms with Gasteiger partial charge in [0.25, 0.3) is 5.91 Å². The molecule has 0 saturated heterocycles. The maximum absolute atomic E-state index is 11.9. The Kier molecular flexibility index (Phi) is 8.57. The lowest BCUT2D eigenvalue weighted by atomic mass is 10.2. The molecule has 2 aromatic rings. The van der Waals surface area contributed by atoms with Gasteiger partial charge in [-0.2, -0.15) is 0 Å². The molecule has 0 unspecified atom stereocenters. The minimum absolute atomic E-state index is 0.122. The van der Waals surface area contributed by atoms with E-state index in [4.69, 9.17) is 44.3 Å². The van der Waals surface area contributed by atoms with Gasteiger partial charge in [-0.15, -0.1) is 0 Å². The number of anilines is 2. The van der Waals surface area contributed by atoms with Crippen molar-refractivity contribution in [1.82, 2.24) is 0 Å². The lowest BCUT2D eigenvalue weighted by Crippen LogP contribution is -2.22. The second-order valence-electron chi connectivity index (χ2n) is 5.73. The van der Waals surface area contributed by atoms with Crippen LogP contribution in [0.25, 0.3) is 0 Å². The molecule has 0 aliphatic rings. The number of ether oxygens (including phenoxy) is 2. The summed E-state index contributed by atoms with van der Waals surface area (Å²) in [7, 11) is 1.45. The van der Waals surface area contributed by atoms with E-state index in [0.29, 0.717) is 32.2 Å². The smallest absolute Gasteiger partial charge is 0.306 e. The van der Waals surface area contributed by atoms with Gasteiger partial charge in [-0.1, -0.05) is 34.8 Å². The third-order valence-corrected chi connectivity index (χ3v) is 4.53. The maximum Gasteiger partial charge on any atom is 0.306 e. The highest BCUT2D eigenvalue weighted by molar-refractivity contribution is 6.42. The number of methoxy groups -OCH3 is 1. The Morgan fingerprint density at radius 3 is 2.34 bits per heavy atom. The summed E-state index contributed by atoms with van der Waals surface area (Å²) in [5.74, 6) is -1.26. The number of benzene rings is 2. The van der Waals surface area contributed by atoms with E-state index in [0.717, 1.165) is 0 Å². The van der Waals surface area contributed by atoms with E-state index in [9.17, 15) is 14.4 Å². The molecule has 10 heteroatoms. The maximum atomic E-state index is 11.9. The zero-order valence-electron chi connectivity index (χ0n) is 15.3. The molecule has 0 bridgehead atoms. The summed E-state index contributed by atoms with van der Waals surface area (Å²) in [5.41, 5.74) is 0.801. The number of carbonyl (C=O) groups is 3. The number of esters is 1. The zero-order valence-corrected chi connectivity index (χ0v) is 17.5. The van der Waals surface area contributed by atoms with E-state index >= 15 is 0 Å². The average molecular weight is 460 g/mol. The number of nitrogens with one attached hydrogen (secondary N) is 2. The van der Waals surface area contributed by atoms with E-state index in [-0.39, 0.29) is 12.8 Å². The standard InChI is InChI=1S/C19H17Cl3N2O5/c1-28-16-5-2-11(20)8-15(16)24-18(26)10-29-19(27)7-6-17(25)23-12-3-4-13(21)14(22)9-12/h2-5,8-9H,6-7,10H2,1H3,(H,23,25)(H,24,26). The summed E-state index contributed by atoms with van der Waals surface area (Å²) < 4.78 is 9.99. The summed E-state index contributed by atoms with van der Waals surface area (Å²) >= 11 is 17.6. The summed E-state index contributed by atoms with van der Waals surface area (Å²) in [5, 5.41) is 6.19. The largest absolute Gasteiger partial charge is 0.495 e. The van der Waals surface area contributed by atoms with Crippen LogP contribution in [0.4, 0.5) is 11.4 Å². The summed E-state index contributed by atoms with van der Waals surface area (Å²) in [4.78, 5) is 35.6. The second-order valence-corrected chi connectivity index (χ2v) is 6.98. The number of carbonyl (C=O) groups excluding carboxylic acids is 3. The minimum atomic E-state index is -0.692. The van der Waals surface area contributed by atoms with Gasteiger partial charge < -0.3 is 20.1 Å². The topological polar surface area (TPSA) is 93.7 Å². The summed E-state index contributed by atoms with van der Waals surface area (Å²) in [6, 6.07) is 9.33. The Hall–Kier alpha value is -2.48. The first kappa shape index (κ1) is 22.8. The Balaban J connectivity index is 1.75. The Morgan fingerprint density at radius 2 is 1.66 bits per heavy atom. The van der Waals surface area contributed by atoms with E-state index in [1.165, 1.54) is 19.2 Å². The van der Waals surface area contributed by atoms with Gasteiger partial charge in [-0.25, -0.2) is 0 Å². The normalized spacial score (nSPS) is 10.2. The highest BCUT2D eigenvalue weighted by Crippen LogP contribution is 2.27. The average Bonchev–Trinajstić information content (AvgIpc) is 2.68. The van der Waals surface area contributed by atoms with Crippen molar-refractivity contribution in [2.24, 2.45) is 0 Å². The highest BCUT2D eigenvalue weighted by atomic mass is 35.5. The van der Waals surface area contributed by atoms with Gasteiger partial charge in [0.2, 0.25) is 5.91 Å². The van der Waals surface area contributed by atoms with Crippen molar-refractivity contribution in [3.8, 4) is 5.75 Å². The molecule has 0 spiro atoms. The third-order valence-electron chi connectivity index (χ3n) is 3.56. The van der Waals surface area contributed by atoms with Crippen molar-refractivity contribution < 1.29 is 23.9 Å². The van der Waals surface area contributed by atoms with Crippen LogP contribution < -0.4 is 15.4 Å². The highest BCUT2D eigenvalue weighted by Gasteiger charge is 2.13. The van der Waals surface area contributed by atoms with Gasteiger partial charge in [-0.3, -0.25) is 14.4 Å². The van der Waals surface area contributed by atoms with Gasteiger partial charge in [0.1, 0.15) is 5.75 Å². The first-order valence-electron chi connectivity index (χ1n) is 8.32. The van der Waals surface area contributed by atoms with Crippen LogP contribution in [0.5, 0.6) is 5.75 Å². The molecule has 0 radical (unpaired) electrons. The fraction of sp³-hybridized carbons (Fsp3) is 0.211. The predicted molar refractivity (Wildman–Crippen MR) is 112 cm³/mol. The molecule has 2 aromatic carbocycles. The van der Waals surface area contributed by atoms with Crippen molar-refractivity contribution in [1.29, 1.82) is 0 Å². The molecule has 2 N–H and O–H groups in total. The van der Waals surface area contributed by atoms with Crippen LogP contribution in [0.1, 0.15) is 12.8 Å². The molecule has 2 amide bonds. The molecule has 7 nitrogen and oxygen atoms in total. The first-order chi connectivity index (χ1) is 13.8. The fourth-order valence-corrected chi connectivity index (χ4v) is 2.67. The number of halogens is 3. The van der Waals surface area contributed by atoms with Crippen LogP contribution in [0.2, 0.25) is 15.1 Å². The van der Waals surface area contributed by atoms with Crippen molar-refractivity contribution >= 4 is 64.0 Å². The molecule has 0 aliphatic heterocycles. The van der Waals surface area contributed by atoms with Crippen LogP contribution >= 0.6 is 34.8 Å². The van der Waals surface area contributed by atoms with Crippen LogP contribution in [0.3, 0.4) is 0 Å². The molecule has 0 aromatic heterocycles. The zero-order chi connectivity index (χ0) is 21.4. The molecule has 2 rings (SSSR count). The van der Waals surface area contributed by atoms with Crippen molar-refractivity contribution in [2.45, 2.75) is 12.8 Å².